The number of benzene rings is 2. The van der Waals surface area contributed by atoms with Crippen molar-refractivity contribution in [2.24, 2.45) is 4.99 Å². The van der Waals surface area contributed by atoms with E-state index in [4.69, 9.17) is 4.74 Å². The molecule has 0 saturated heterocycles. The van der Waals surface area contributed by atoms with Gasteiger partial charge < -0.3 is 9.64 Å². The van der Waals surface area contributed by atoms with Crippen molar-refractivity contribution >= 4 is 18.0 Å². The number of hydrogen-bond acceptors (Lipinski definition) is 3. The SMILES string of the molecule is Cc1ccc(COC(=O)c2ccc(/N=C/N(C)C(C)C)c(C)c2C)cc1. The first-order valence-electron chi connectivity index (χ1n) is 8.88. The van der Waals surface area contributed by atoms with E-state index in [0.29, 0.717) is 11.6 Å². The van der Waals surface area contributed by atoms with Gasteiger partial charge in [0.05, 0.1) is 17.6 Å². The molecule has 2 aromatic rings. The third-order valence-corrected chi connectivity index (χ3v) is 4.66. The lowest BCUT2D eigenvalue weighted by molar-refractivity contribution is 0.0472. The maximum atomic E-state index is 12.5. The van der Waals surface area contributed by atoms with Crippen molar-refractivity contribution in [3.63, 3.8) is 0 Å². The molecule has 0 amide bonds. The number of carbonyl (C=O) groups is 1. The number of carbonyl (C=O) groups excluding carboxylic acids is 1. The molecule has 0 aromatic heterocycles. The predicted molar refractivity (Wildman–Crippen MR) is 107 cm³/mol. The van der Waals surface area contributed by atoms with Gasteiger partial charge in [-0.15, -0.1) is 0 Å². The standard InChI is InChI=1S/C22H28N2O2/c1-15(2)24(6)14-23-21-12-11-20(17(4)18(21)5)22(25)26-13-19-9-7-16(3)8-10-19/h7-12,14-15H,13H2,1-6H3/b23-14+. The van der Waals surface area contributed by atoms with Gasteiger partial charge in [-0.1, -0.05) is 29.8 Å². The van der Waals surface area contributed by atoms with Gasteiger partial charge >= 0.3 is 5.97 Å². The lowest BCUT2D eigenvalue weighted by Crippen LogP contribution is -2.24. The first-order valence-corrected chi connectivity index (χ1v) is 8.88. The maximum Gasteiger partial charge on any atom is 0.338 e. The summed E-state index contributed by atoms with van der Waals surface area (Å²) in [4.78, 5) is 19.0. The molecule has 4 heteroatoms. The molecule has 2 aromatic carbocycles. The smallest absolute Gasteiger partial charge is 0.338 e. The van der Waals surface area contributed by atoms with Gasteiger partial charge in [-0.25, -0.2) is 9.79 Å². The minimum atomic E-state index is -0.305. The molecular formula is C22H28N2O2. The normalized spacial score (nSPS) is 11.2. The molecule has 0 aliphatic carbocycles. The van der Waals surface area contributed by atoms with Gasteiger partial charge in [0.25, 0.3) is 0 Å². The molecule has 0 heterocycles. The Morgan fingerprint density at radius 2 is 1.73 bits per heavy atom. The fraction of sp³-hybridized carbons (Fsp3) is 0.364. The Bertz CT molecular complexity index is 793. The average Bonchev–Trinajstić information content (AvgIpc) is 2.61. The van der Waals surface area contributed by atoms with Gasteiger partial charge in [-0.05, 0) is 63.4 Å². The average molecular weight is 352 g/mol. The Morgan fingerprint density at radius 1 is 1.08 bits per heavy atom. The predicted octanol–water partition coefficient (Wildman–Crippen LogP) is 4.97. The highest BCUT2D eigenvalue weighted by Gasteiger charge is 2.14. The van der Waals surface area contributed by atoms with Crippen molar-refractivity contribution in [1.82, 2.24) is 4.90 Å². The zero-order valence-corrected chi connectivity index (χ0v) is 16.5. The van der Waals surface area contributed by atoms with E-state index in [1.54, 1.807) is 6.07 Å². The Morgan fingerprint density at radius 3 is 2.35 bits per heavy atom. The molecule has 0 radical (unpaired) electrons. The van der Waals surface area contributed by atoms with E-state index >= 15 is 0 Å². The second-order valence-electron chi connectivity index (χ2n) is 6.95. The lowest BCUT2D eigenvalue weighted by Gasteiger charge is -2.17. The molecule has 0 N–H and O–H groups in total. The van der Waals surface area contributed by atoms with Crippen molar-refractivity contribution in [1.29, 1.82) is 0 Å². The molecule has 0 bridgehead atoms. The van der Waals surface area contributed by atoms with Crippen LogP contribution in [0.3, 0.4) is 0 Å². The fourth-order valence-electron chi connectivity index (χ4n) is 2.36. The number of aliphatic imine (C=N–C) groups is 1. The number of rotatable bonds is 6. The van der Waals surface area contributed by atoms with Gasteiger partial charge in [0.2, 0.25) is 0 Å². The van der Waals surface area contributed by atoms with E-state index in [2.05, 4.69) is 18.8 Å². The summed E-state index contributed by atoms with van der Waals surface area (Å²) in [5, 5.41) is 0. The summed E-state index contributed by atoms with van der Waals surface area (Å²) in [6.45, 7) is 10.4. The van der Waals surface area contributed by atoms with Gasteiger partial charge in [0.15, 0.2) is 0 Å². The summed E-state index contributed by atoms with van der Waals surface area (Å²) in [5.74, 6) is -0.305. The van der Waals surface area contributed by atoms with Crippen LogP contribution >= 0.6 is 0 Å². The Hall–Kier alpha value is -2.62. The highest BCUT2D eigenvalue weighted by atomic mass is 16.5. The monoisotopic (exact) mass is 352 g/mol. The molecule has 0 aliphatic heterocycles. The minimum absolute atomic E-state index is 0.274. The molecule has 0 atom stereocenters. The summed E-state index contributed by atoms with van der Waals surface area (Å²) >= 11 is 0. The molecule has 26 heavy (non-hydrogen) atoms. The first kappa shape index (κ1) is 19.7. The Kier molecular flexibility index (Phi) is 6.56. The van der Waals surface area contributed by atoms with Crippen molar-refractivity contribution in [3.8, 4) is 0 Å². The fourth-order valence-corrected chi connectivity index (χ4v) is 2.36. The van der Waals surface area contributed by atoms with E-state index in [0.717, 1.165) is 22.4 Å². The van der Waals surface area contributed by atoms with Crippen LogP contribution in [0.5, 0.6) is 0 Å². The molecule has 0 spiro atoms. The Balaban J connectivity index is 2.11. The van der Waals surface area contributed by atoms with E-state index in [-0.39, 0.29) is 12.6 Å². The van der Waals surface area contributed by atoms with Crippen LogP contribution in [0.15, 0.2) is 41.4 Å². The van der Waals surface area contributed by atoms with E-state index in [1.807, 2.05) is 69.4 Å². The highest BCUT2D eigenvalue weighted by Crippen LogP contribution is 2.25. The third-order valence-electron chi connectivity index (χ3n) is 4.66. The number of ether oxygens (including phenoxy) is 1. The van der Waals surface area contributed by atoms with Crippen LogP contribution in [0, 0.1) is 20.8 Å². The summed E-state index contributed by atoms with van der Waals surface area (Å²) < 4.78 is 5.47. The quantitative estimate of drug-likeness (QED) is 0.419. The summed E-state index contributed by atoms with van der Waals surface area (Å²) in [6, 6.07) is 12.0. The van der Waals surface area contributed by atoms with Gasteiger partial charge in [-0.3, -0.25) is 0 Å². The van der Waals surface area contributed by atoms with Crippen molar-refractivity contribution in [2.45, 2.75) is 47.3 Å². The molecule has 0 aliphatic rings. The number of nitrogens with zero attached hydrogens (tertiary/aromatic N) is 2. The first-order chi connectivity index (χ1) is 12.3. The largest absolute Gasteiger partial charge is 0.457 e. The van der Waals surface area contributed by atoms with E-state index in [9.17, 15) is 4.79 Å². The van der Waals surface area contributed by atoms with E-state index in [1.165, 1.54) is 5.56 Å². The van der Waals surface area contributed by atoms with Crippen LogP contribution in [0.4, 0.5) is 5.69 Å². The van der Waals surface area contributed by atoms with Gasteiger partial charge in [0.1, 0.15) is 6.61 Å². The van der Waals surface area contributed by atoms with Crippen LogP contribution in [0.1, 0.15) is 46.5 Å². The van der Waals surface area contributed by atoms with Crippen LogP contribution in [0.25, 0.3) is 0 Å². The van der Waals surface area contributed by atoms with Crippen LogP contribution in [0.2, 0.25) is 0 Å². The summed E-state index contributed by atoms with van der Waals surface area (Å²) in [6.07, 6.45) is 1.82. The zero-order valence-electron chi connectivity index (χ0n) is 16.5. The number of aryl methyl sites for hydroxylation is 1. The second kappa shape index (κ2) is 8.65. The van der Waals surface area contributed by atoms with Gasteiger partial charge in [-0.2, -0.15) is 0 Å². The molecule has 138 valence electrons. The maximum absolute atomic E-state index is 12.5. The van der Waals surface area contributed by atoms with Crippen molar-refractivity contribution < 1.29 is 9.53 Å². The Labute approximate surface area is 156 Å². The van der Waals surface area contributed by atoms with Crippen LogP contribution in [-0.2, 0) is 11.3 Å². The minimum Gasteiger partial charge on any atom is -0.457 e. The lowest BCUT2D eigenvalue weighted by atomic mass is 10.0. The molecule has 2 rings (SSSR count). The van der Waals surface area contributed by atoms with Crippen molar-refractivity contribution in [3.05, 3.63) is 64.2 Å². The molecular weight excluding hydrogens is 324 g/mol. The molecule has 4 nitrogen and oxygen atoms in total. The summed E-state index contributed by atoms with van der Waals surface area (Å²) in [5.41, 5.74) is 5.52. The third kappa shape index (κ3) is 4.94. The topological polar surface area (TPSA) is 41.9 Å². The number of hydrogen-bond donors (Lipinski definition) is 0. The zero-order chi connectivity index (χ0) is 19.3. The van der Waals surface area contributed by atoms with E-state index < -0.39 is 0 Å². The second-order valence-corrected chi connectivity index (χ2v) is 6.95. The molecule has 0 unspecified atom stereocenters. The number of esters is 1. The summed E-state index contributed by atoms with van der Waals surface area (Å²) in [7, 11) is 1.99. The highest BCUT2D eigenvalue weighted by molar-refractivity contribution is 5.92. The molecule has 0 saturated carbocycles. The van der Waals surface area contributed by atoms with Crippen molar-refractivity contribution in [2.75, 3.05) is 7.05 Å². The molecule has 0 fully saturated rings. The van der Waals surface area contributed by atoms with Crippen LogP contribution in [-0.4, -0.2) is 30.3 Å². The van der Waals surface area contributed by atoms with Gasteiger partial charge in [0, 0.05) is 13.1 Å². The van der Waals surface area contributed by atoms with Crippen LogP contribution < -0.4 is 0 Å².